The summed E-state index contributed by atoms with van der Waals surface area (Å²) in [6.07, 6.45) is 5.14. The lowest BCUT2D eigenvalue weighted by Gasteiger charge is -2.29. The Morgan fingerprint density at radius 1 is 1.26 bits per heavy atom. The van der Waals surface area contributed by atoms with E-state index in [-0.39, 0.29) is 5.92 Å². The van der Waals surface area contributed by atoms with Crippen LogP contribution in [-0.4, -0.2) is 11.1 Å². The number of carboxylic acid groups (broad SMARTS) is 1. The SMILES string of the molecule is CCC/C(=C(\C(=O)O)C1CCCC(C)C1)c1ccc(F)c(F)c1. The highest BCUT2D eigenvalue weighted by Gasteiger charge is 2.29. The molecule has 2 unspecified atom stereocenters. The molecule has 1 aliphatic rings. The summed E-state index contributed by atoms with van der Waals surface area (Å²) in [5.41, 5.74) is 1.53. The van der Waals surface area contributed by atoms with E-state index >= 15 is 0 Å². The maximum absolute atomic E-state index is 13.6. The minimum atomic E-state index is -0.933. The van der Waals surface area contributed by atoms with Crippen LogP contribution in [0.2, 0.25) is 0 Å². The van der Waals surface area contributed by atoms with Crippen LogP contribution in [0.3, 0.4) is 0 Å². The van der Waals surface area contributed by atoms with Gasteiger partial charge in [0.2, 0.25) is 0 Å². The highest BCUT2D eigenvalue weighted by atomic mass is 19.2. The van der Waals surface area contributed by atoms with Gasteiger partial charge in [0.15, 0.2) is 11.6 Å². The van der Waals surface area contributed by atoms with Crippen LogP contribution >= 0.6 is 0 Å². The van der Waals surface area contributed by atoms with E-state index in [1.807, 2.05) is 6.92 Å². The first-order valence-corrected chi connectivity index (χ1v) is 8.35. The van der Waals surface area contributed by atoms with Crippen LogP contribution in [0.1, 0.15) is 57.9 Å². The Morgan fingerprint density at radius 3 is 2.57 bits per heavy atom. The average Bonchev–Trinajstić information content (AvgIpc) is 2.49. The van der Waals surface area contributed by atoms with Crippen molar-refractivity contribution < 1.29 is 18.7 Å². The van der Waals surface area contributed by atoms with Crippen LogP contribution in [0.4, 0.5) is 8.78 Å². The molecule has 0 aromatic heterocycles. The summed E-state index contributed by atoms with van der Waals surface area (Å²) in [7, 11) is 0. The molecule has 0 bridgehead atoms. The van der Waals surface area contributed by atoms with E-state index in [0.717, 1.165) is 44.2 Å². The van der Waals surface area contributed by atoms with Crippen molar-refractivity contribution in [1.29, 1.82) is 0 Å². The number of hydrogen-bond donors (Lipinski definition) is 1. The molecule has 4 heteroatoms. The van der Waals surface area contributed by atoms with Crippen molar-refractivity contribution in [3.05, 3.63) is 41.0 Å². The highest BCUT2D eigenvalue weighted by Crippen LogP contribution is 2.38. The number of rotatable bonds is 5. The lowest BCUT2D eigenvalue weighted by Crippen LogP contribution is -2.21. The third-order valence-electron chi connectivity index (χ3n) is 4.67. The van der Waals surface area contributed by atoms with E-state index in [2.05, 4.69) is 6.92 Å². The Kier molecular flexibility index (Phi) is 5.91. The Labute approximate surface area is 136 Å². The topological polar surface area (TPSA) is 37.3 Å². The van der Waals surface area contributed by atoms with Crippen LogP contribution < -0.4 is 0 Å². The quantitative estimate of drug-likeness (QED) is 0.734. The van der Waals surface area contributed by atoms with E-state index in [4.69, 9.17) is 0 Å². The highest BCUT2D eigenvalue weighted by molar-refractivity contribution is 5.97. The third kappa shape index (κ3) is 4.18. The van der Waals surface area contributed by atoms with Crippen molar-refractivity contribution in [1.82, 2.24) is 0 Å². The zero-order chi connectivity index (χ0) is 17.0. The van der Waals surface area contributed by atoms with Gasteiger partial charge in [0.05, 0.1) is 0 Å². The summed E-state index contributed by atoms with van der Waals surface area (Å²) < 4.78 is 26.8. The van der Waals surface area contributed by atoms with E-state index in [1.54, 1.807) is 0 Å². The van der Waals surface area contributed by atoms with Crippen molar-refractivity contribution in [2.24, 2.45) is 11.8 Å². The number of halogens is 2. The van der Waals surface area contributed by atoms with Gasteiger partial charge in [-0.2, -0.15) is 0 Å². The predicted octanol–water partition coefficient (Wildman–Crippen LogP) is 5.43. The number of carboxylic acids is 1. The number of carbonyl (C=O) groups is 1. The fourth-order valence-corrected chi connectivity index (χ4v) is 3.61. The molecule has 1 aromatic rings. The second-order valence-corrected chi connectivity index (χ2v) is 6.54. The first-order chi connectivity index (χ1) is 10.9. The smallest absolute Gasteiger partial charge is 0.332 e. The summed E-state index contributed by atoms with van der Waals surface area (Å²) in [5, 5.41) is 9.77. The predicted molar refractivity (Wildman–Crippen MR) is 86.9 cm³/mol. The van der Waals surface area contributed by atoms with Gasteiger partial charge in [-0.25, -0.2) is 13.6 Å². The van der Waals surface area contributed by atoms with Crippen LogP contribution in [0.25, 0.3) is 5.57 Å². The molecule has 2 atom stereocenters. The number of benzene rings is 1. The third-order valence-corrected chi connectivity index (χ3v) is 4.67. The maximum Gasteiger partial charge on any atom is 0.332 e. The zero-order valence-corrected chi connectivity index (χ0v) is 13.7. The Hall–Kier alpha value is -1.71. The Balaban J connectivity index is 2.52. The van der Waals surface area contributed by atoms with Crippen LogP contribution in [-0.2, 0) is 4.79 Å². The van der Waals surface area contributed by atoms with Gasteiger partial charge in [0.1, 0.15) is 0 Å². The van der Waals surface area contributed by atoms with Crippen LogP contribution in [0, 0.1) is 23.5 Å². The lowest BCUT2D eigenvalue weighted by atomic mass is 9.76. The molecule has 2 rings (SSSR count). The molecular formula is C19H24F2O2. The molecule has 1 saturated carbocycles. The van der Waals surface area contributed by atoms with E-state index < -0.39 is 17.6 Å². The largest absolute Gasteiger partial charge is 0.478 e. The number of hydrogen-bond acceptors (Lipinski definition) is 1. The Bertz CT molecular complexity index is 607. The zero-order valence-electron chi connectivity index (χ0n) is 13.7. The van der Waals surface area contributed by atoms with Crippen molar-refractivity contribution in [2.45, 2.75) is 52.4 Å². The molecule has 1 fully saturated rings. The van der Waals surface area contributed by atoms with Gasteiger partial charge < -0.3 is 5.11 Å². The maximum atomic E-state index is 13.6. The molecule has 0 heterocycles. The molecule has 2 nitrogen and oxygen atoms in total. The summed E-state index contributed by atoms with van der Waals surface area (Å²) in [6, 6.07) is 3.68. The van der Waals surface area contributed by atoms with Crippen molar-refractivity contribution in [3.63, 3.8) is 0 Å². The van der Waals surface area contributed by atoms with E-state index in [1.165, 1.54) is 6.07 Å². The summed E-state index contributed by atoms with van der Waals surface area (Å²) in [4.78, 5) is 11.9. The average molecular weight is 322 g/mol. The minimum absolute atomic E-state index is 0.00841. The lowest BCUT2D eigenvalue weighted by molar-refractivity contribution is -0.133. The molecule has 0 radical (unpaired) electrons. The van der Waals surface area contributed by atoms with Gasteiger partial charge in [-0.15, -0.1) is 0 Å². The van der Waals surface area contributed by atoms with Gasteiger partial charge in [0.25, 0.3) is 0 Å². The summed E-state index contributed by atoms with van der Waals surface area (Å²) >= 11 is 0. The van der Waals surface area contributed by atoms with E-state index in [0.29, 0.717) is 29.0 Å². The molecule has 0 spiro atoms. The summed E-state index contributed by atoms with van der Waals surface area (Å²) in [5.74, 6) is -2.29. The first-order valence-electron chi connectivity index (χ1n) is 8.35. The molecule has 1 N–H and O–H groups in total. The monoisotopic (exact) mass is 322 g/mol. The Morgan fingerprint density at radius 2 is 2.00 bits per heavy atom. The first kappa shape index (κ1) is 17.6. The summed E-state index contributed by atoms with van der Waals surface area (Å²) in [6.45, 7) is 4.10. The second-order valence-electron chi connectivity index (χ2n) is 6.54. The van der Waals surface area contributed by atoms with Gasteiger partial charge >= 0.3 is 5.97 Å². The number of allylic oxidation sites excluding steroid dienone is 1. The molecule has 0 saturated heterocycles. The minimum Gasteiger partial charge on any atom is -0.478 e. The van der Waals surface area contributed by atoms with Gasteiger partial charge in [-0.05, 0) is 54.4 Å². The van der Waals surface area contributed by atoms with Gasteiger partial charge in [-0.1, -0.05) is 39.2 Å². The molecular weight excluding hydrogens is 298 g/mol. The standard InChI is InChI=1S/C19H24F2O2/c1-3-5-15(13-8-9-16(20)17(21)11-13)18(19(22)23)14-7-4-6-12(2)10-14/h8-9,11-12,14H,3-7,10H2,1-2H3,(H,22,23)/b18-15+. The molecule has 0 amide bonds. The van der Waals surface area contributed by atoms with Crippen molar-refractivity contribution >= 4 is 11.5 Å². The number of aliphatic carboxylic acids is 1. The normalized spacial score (nSPS) is 22.6. The van der Waals surface area contributed by atoms with Crippen LogP contribution in [0.15, 0.2) is 23.8 Å². The van der Waals surface area contributed by atoms with Gasteiger partial charge in [-0.3, -0.25) is 0 Å². The van der Waals surface area contributed by atoms with Crippen molar-refractivity contribution in [3.8, 4) is 0 Å². The van der Waals surface area contributed by atoms with Crippen molar-refractivity contribution in [2.75, 3.05) is 0 Å². The van der Waals surface area contributed by atoms with E-state index in [9.17, 15) is 18.7 Å². The van der Waals surface area contributed by atoms with Crippen LogP contribution in [0.5, 0.6) is 0 Å². The fraction of sp³-hybridized carbons (Fsp3) is 0.526. The molecule has 126 valence electrons. The van der Waals surface area contributed by atoms with Gasteiger partial charge in [0, 0.05) is 5.57 Å². The fourth-order valence-electron chi connectivity index (χ4n) is 3.61. The molecule has 1 aliphatic carbocycles. The molecule has 23 heavy (non-hydrogen) atoms. The molecule has 1 aromatic carbocycles. The second kappa shape index (κ2) is 7.71. The molecule has 0 aliphatic heterocycles.